The van der Waals surface area contributed by atoms with Crippen molar-refractivity contribution in [3.63, 3.8) is 0 Å². The number of hydrogen-bond donors (Lipinski definition) is 1. The van der Waals surface area contributed by atoms with E-state index in [-0.39, 0.29) is 12.2 Å². The minimum atomic E-state index is -0.983. The van der Waals surface area contributed by atoms with Crippen LogP contribution in [0.3, 0.4) is 0 Å². The van der Waals surface area contributed by atoms with Gasteiger partial charge in [0.2, 0.25) is 0 Å². The Balaban J connectivity index is 1.69. The Hall–Kier alpha value is -3.86. The van der Waals surface area contributed by atoms with E-state index in [9.17, 15) is 9.59 Å². The Bertz CT molecular complexity index is 929. The Morgan fingerprint density at radius 2 is 1.46 bits per heavy atom. The molecule has 5 heteroatoms. The summed E-state index contributed by atoms with van der Waals surface area (Å²) >= 11 is 0. The molecular weight excluding hydrogens is 354 g/mol. The van der Waals surface area contributed by atoms with E-state index in [1.807, 2.05) is 60.7 Å². The molecule has 0 aromatic heterocycles. The number of rotatable bonds is 6. The van der Waals surface area contributed by atoms with E-state index in [2.05, 4.69) is 0 Å². The zero-order valence-corrected chi connectivity index (χ0v) is 15.1. The highest BCUT2D eigenvalue weighted by Gasteiger charge is 2.18. The second-order valence-electron chi connectivity index (χ2n) is 5.92. The van der Waals surface area contributed by atoms with Crippen LogP contribution in [-0.2, 0) is 4.74 Å². The predicted molar refractivity (Wildman–Crippen MR) is 109 cm³/mol. The normalized spacial score (nSPS) is 10.6. The molecule has 28 heavy (non-hydrogen) atoms. The molecule has 3 aromatic rings. The van der Waals surface area contributed by atoms with Gasteiger partial charge in [0.15, 0.2) is 0 Å². The Morgan fingerprint density at radius 1 is 0.857 bits per heavy atom. The number of carbonyl (C=O) groups excluding carboxylic acids is 1. The third-order valence-corrected chi connectivity index (χ3v) is 3.96. The number of carboxylic acids is 1. The largest absolute Gasteiger partial charge is 0.478 e. The lowest BCUT2D eigenvalue weighted by molar-refractivity contribution is 0.0696. The van der Waals surface area contributed by atoms with E-state index in [0.717, 1.165) is 5.56 Å². The molecule has 0 saturated carbocycles. The van der Waals surface area contributed by atoms with E-state index in [0.29, 0.717) is 11.4 Å². The maximum atomic E-state index is 12.7. The van der Waals surface area contributed by atoms with Gasteiger partial charge in [-0.05, 0) is 48.0 Å². The topological polar surface area (TPSA) is 66.8 Å². The number of benzene rings is 3. The molecule has 0 spiro atoms. The molecule has 3 aromatic carbocycles. The van der Waals surface area contributed by atoms with Gasteiger partial charge < -0.3 is 9.84 Å². The number of aromatic carboxylic acids is 1. The molecule has 3 rings (SSSR count). The van der Waals surface area contributed by atoms with Crippen LogP contribution in [0, 0.1) is 0 Å². The monoisotopic (exact) mass is 373 g/mol. The first-order valence-corrected chi connectivity index (χ1v) is 8.72. The zero-order chi connectivity index (χ0) is 19.8. The maximum absolute atomic E-state index is 12.7. The number of anilines is 2. The summed E-state index contributed by atoms with van der Waals surface area (Å²) in [5.74, 6) is -0.983. The lowest BCUT2D eigenvalue weighted by Gasteiger charge is -2.22. The van der Waals surface area contributed by atoms with E-state index in [1.165, 1.54) is 11.0 Å². The molecule has 0 aliphatic carbocycles. The predicted octanol–water partition coefficient (Wildman–Crippen LogP) is 5.37. The van der Waals surface area contributed by atoms with Crippen molar-refractivity contribution in [3.05, 3.63) is 102 Å². The first kappa shape index (κ1) is 18.9. The number of carboxylic acid groups (broad SMARTS) is 1. The SMILES string of the molecule is O=C(O)c1cccc(C=CCOC(=O)N(c2ccccc2)c2ccccc2)c1. The number of amides is 1. The van der Waals surface area contributed by atoms with Crippen molar-refractivity contribution in [3.8, 4) is 0 Å². The van der Waals surface area contributed by atoms with Crippen molar-refractivity contribution in [1.29, 1.82) is 0 Å². The number of hydrogen-bond acceptors (Lipinski definition) is 3. The molecule has 0 unspecified atom stereocenters. The fraction of sp³-hybridized carbons (Fsp3) is 0.0435. The summed E-state index contributed by atoms with van der Waals surface area (Å²) in [6.45, 7) is 0.0618. The minimum Gasteiger partial charge on any atom is -0.478 e. The number of para-hydroxylation sites is 2. The van der Waals surface area contributed by atoms with Crippen LogP contribution < -0.4 is 4.90 Å². The summed E-state index contributed by atoms with van der Waals surface area (Å²) in [6, 6.07) is 25.1. The molecule has 1 amide bonds. The number of carbonyl (C=O) groups is 2. The molecule has 0 radical (unpaired) electrons. The van der Waals surface area contributed by atoms with Crippen LogP contribution in [0.15, 0.2) is 91.0 Å². The quantitative estimate of drug-likeness (QED) is 0.630. The molecule has 0 heterocycles. The average Bonchev–Trinajstić information content (AvgIpc) is 2.73. The second-order valence-corrected chi connectivity index (χ2v) is 5.92. The molecule has 0 atom stereocenters. The van der Waals surface area contributed by atoms with Gasteiger partial charge in [-0.3, -0.25) is 0 Å². The number of ether oxygens (including phenoxy) is 1. The van der Waals surface area contributed by atoms with Crippen LogP contribution in [0.2, 0.25) is 0 Å². The highest BCUT2D eigenvalue weighted by molar-refractivity contribution is 5.96. The standard InChI is InChI=1S/C23H19NO4/c25-22(26)19-11-7-9-18(17-19)10-8-16-28-23(27)24(20-12-3-1-4-13-20)21-14-5-2-6-15-21/h1-15,17H,16H2,(H,25,26). The van der Waals surface area contributed by atoms with Crippen LogP contribution in [0.4, 0.5) is 16.2 Å². The molecular formula is C23H19NO4. The van der Waals surface area contributed by atoms with Crippen molar-refractivity contribution in [2.24, 2.45) is 0 Å². The first-order valence-electron chi connectivity index (χ1n) is 8.72. The first-order chi connectivity index (χ1) is 13.6. The van der Waals surface area contributed by atoms with Gasteiger partial charge in [-0.1, -0.05) is 54.6 Å². The van der Waals surface area contributed by atoms with Gasteiger partial charge in [-0.15, -0.1) is 0 Å². The summed E-state index contributed by atoms with van der Waals surface area (Å²) in [5, 5.41) is 9.03. The van der Waals surface area contributed by atoms with Crippen LogP contribution in [0.1, 0.15) is 15.9 Å². The van der Waals surface area contributed by atoms with E-state index < -0.39 is 12.1 Å². The molecule has 0 bridgehead atoms. The molecule has 0 aliphatic rings. The summed E-state index contributed by atoms with van der Waals surface area (Å²) < 4.78 is 5.40. The molecule has 1 N–H and O–H groups in total. The van der Waals surface area contributed by atoms with Gasteiger partial charge in [0.25, 0.3) is 0 Å². The maximum Gasteiger partial charge on any atom is 0.419 e. The third kappa shape index (κ3) is 4.86. The van der Waals surface area contributed by atoms with E-state index in [1.54, 1.807) is 30.4 Å². The smallest absolute Gasteiger partial charge is 0.419 e. The highest BCUT2D eigenvalue weighted by atomic mass is 16.6. The van der Waals surface area contributed by atoms with Crippen molar-refractivity contribution in [2.45, 2.75) is 0 Å². The molecule has 0 aliphatic heterocycles. The van der Waals surface area contributed by atoms with Crippen LogP contribution in [0.25, 0.3) is 6.08 Å². The molecule has 5 nitrogen and oxygen atoms in total. The van der Waals surface area contributed by atoms with Crippen molar-refractivity contribution in [2.75, 3.05) is 11.5 Å². The van der Waals surface area contributed by atoms with Gasteiger partial charge in [0.05, 0.1) is 16.9 Å². The van der Waals surface area contributed by atoms with Crippen molar-refractivity contribution < 1.29 is 19.4 Å². The van der Waals surface area contributed by atoms with E-state index >= 15 is 0 Å². The van der Waals surface area contributed by atoms with Crippen molar-refractivity contribution >= 4 is 29.5 Å². The molecule has 140 valence electrons. The fourth-order valence-corrected chi connectivity index (χ4v) is 2.66. The van der Waals surface area contributed by atoms with Gasteiger partial charge in [0.1, 0.15) is 6.61 Å². The lowest BCUT2D eigenvalue weighted by Crippen LogP contribution is -2.26. The highest BCUT2D eigenvalue weighted by Crippen LogP contribution is 2.25. The number of nitrogens with zero attached hydrogens (tertiary/aromatic N) is 1. The lowest BCUT2D eigenvalue weighted by atomic mass is 10.1. The summed E-state index contributed by atoms with van der Waals surface area (Å²) in [4.78, 5) is 25.2. The van der Waals surface area contributed by atoms with Gasteiger partial charge in [0, 0.05) is 0 Å². The Labute approximate surface area is 163 Å². The molecule has 0 saturated heterocycles. The Morgan fingerprint density at radius 3 is 2.04 bits per heavy atom. The summed E-state index contributed by atoms with van der Waals surface area (Å²) in [6.07, 6.45) is 2.89. The van der Waals surface area contributed by atoms with Gasteiger partial charge in [-0.25, -0.2) is 14.5 Å². The zero-order valence-electron chi connectivity index (χ0n) is 15.1. The van der Waals surface area contributed by atoms with Crippen LogP contribution in [0.5, 0.6) is 0 Å². The third-order valence-electron chi connectivity index (χ3n) is 3.96. The summed E-state index contributed by atoms with van der Waals surface area (Å²) in [7, 11) is 0. The van der Waals surface area contributed by atoms with Crippen LogP contribution >= 0.6 is 0 Å². The fourth-order valence-electron chi connectivity index (χ4n) is 2.66. The minimum absolute atomic E-state index is 0.0618. The van der Waals surface area contributed by atoms with Gasteiger partial charge in [-0.2, -0.15) is 0 Å². The second kappa shape index (κ2) is 9.19. The van der Waals surface area contributed by atoms with Gasteiger partial charge >= 0.3 is 12.1 Å². The van der Waals surface area contributed by atoms with Crippen molar-refractivity contribution in [1.82, 2.24) is 0 Å². The average molecular weight is 373 g/mol. The summed E-state index contributed by atoms with van der Waals surface area (Å²) in [5.41, 5.74) is 2.34. The van der Waals surface area contributed by atoms with Crippen LogP contribution in [-0.4, -0.2) is 23.8 Å². The molecule has 0 fully saturated rings. The Kier molecular flexibility index (Phi) is 6.21. The van der Waals surface area contributed by atoms with E-state index in [4.69, 9.17) is 9.84 Å².